The monoisotopic (exact) mass is 496 g/mol. The van der Waals surface area contributed by atoms with Crippen molar-refractivity contribution in [1.82, 2.24) is 0 Å². The SMILES string of the molecule is Cc1cc2ccc(-c3cc(F)cc(F)c3)cc2c(F)c1-c1cc(-c2ccccc2C(C)(C)C)cc[n+]1C. The fraction of sp³-hybridized carbons (Fsp3) is 0.182. The van der Waals surface area contributed by atoms with Crippen LogP contribution in [0.1, 0.15) is 31.9 Å². The Bertz CT molecular complexity index is 1640. The Labute approximate surface area is 215 Å². The molecule has 37 heavy (non-hydrogen) atoms. The minimum atomic E-state index is -0.667. The predicted octanol–water partition coefficient (Wildman–Crippen LogP) is 8.69. The molecule has 1 heterocycles. The molecule has 0 amide bonds. The molecular weight excluding hydrogens is 467 g/mol. The quantitative estimate of drug-likeness (QED) is 0.220. The molecule has 5 rings (SSSR count). The lowest BCUT2D eigenvalue weighted by atomic mass is 9.82. The molecule has 0 aliphatic rings. The molecule has 0 unspecified atom stereocenters. The summed E-state index contributed by atoms with van der Waals surface area (Å²) < 4.78 is 45.9. The third kappa shape index (κ3) is 4.64. The fourth-order valence-electron chi connectivity index (χ4n) is 5.07. The average molecular weight is 497 g/mol. The van der Waals surface area contributed by atoms with Crippen molar-refractivity contribution >= 4 is 10.8 Å². The molecule has 0 saturated carbocycles. The van der Waals surface area contributed by atoms with Gasteiger partial charge in [-0.1, -0.05) is 63.2 Å². The lowest BCUT2D eigenvalue weighted by Gasteiger charge is -2.23. The second-order valence-electron chi connectivity index (χ2n) is 10.7. The lowest BCUT2D eigenvalue weighted by molar-refractivity contribution is -0.660. The number of halogens is 3. The van der Waals surface area contributed by atoms with Crippen LogP contribution in [0.15, 0.2) is 85.1 Å². The summed E-state index contributed by atoms with van der Waals surface area (Å²) in [5, 5.41) is 1.14. The van der Waals surface area contributed by atoms with E-state index in [0.717, 1.165) is 33.8 Å². The van der Waals surface area contributed by atoms with Crippen LogP contribution >= 0.6 is 0 Å². The summed E-state index contributed by atoms with van der Waals surface area (Å²) in [7, 11) is 1.91. The van der Waals surface area contributed by atoms with E-state index in [2.05, 4.69) is 39.0 Å². The van der Waals surface area contributed by atoms with E-state index >= 15 is 4.39 Å². The highest BCUT2D eigenvalue weighted by Crippen LogP contribution is 2.37. The first-order valence-corrected chi connectivity index (χ1v) is 12.3. The second kappa shape index (κ2) is 9.19. The zero-order chi connectivity index (χ0) is 26.5. The van der Waals surface area contributed by atoms with E-state index in [9.17, 15) is 8.78 Å². The molecule has 0 aliphatic carbocycles. The van der Waals surface area contributed by atoms with E-state index in [1.54, 1.807) is 18.2 Å². The topological polar surface area (TPSA) is 3.88 Å². The van der Waals surface area contributed by atoms with Crippen molar-refractivity contribution in [2.45, 2.75) is 33.1 Å². The van der Waals surface area contributed by atoms with Crippen LogP contribution in [0.5, 0.6) is 0 Å². The predicted molar refractivity (Wildman–Crippen MR) is 145 cm³/mol. The van der Waals surface area contributed by atoms with Crippen LogP contribution in [0.25, 0.3) is 44.3 Å². The van der Waals surface area contributed by atoms with Crippen molar-refractivity contribution < 1.29 is 17.7 Å². The van der Waals surface area contributed by atoms with Gasteiger partial charge < -0.3 is 0 Å². The highest BCUT2D eigenvalue weighted by molar-refractivity contribution is 5.92. The maximum Gasteiger partial charge on any atom is 0.216 e. The number of aromatic nitrogens is 1. The van der Waals surface area contributed by atoms with Crippen LogP contribution < -0.4 is 4.57 Å². The van der Waals surface area contributed by atoms with E-state index in [4.69, 9.17) is 0 Å². The van der Waals surface area contributed by atoms with Crippen molar-refractivity contribution in [3.05, 3.63) is 114 Å². The van der Waals surface area contributed by atoms with E-state index < -0.39 is 11.6 Å². The molecule has 1 aromatic heterocycles. The molecule has 0 N–H and O–H groups in total. The summed E-state index contributed by atoms with van der Waals surface area (Å²) >= 11 is 0. The summed E-state index contributed by atoms with van der Waals surface area (Å²) in [6, 6.07) is 22.9. The Morgan fingerprint density at radius 1 is 0.703 bits per heavy atom. The van der Waals surface area contributed by atoms with E-state index in [1.165, 1.54) is 17.7 Å². The van der Waals surface area contributed by atoms with Gasteiger partial charge in [-0.3, -0.25) is 0 Å². The Morgan fingerprint density at radius 3 is 2.11 bits per heavy atom. The number of hydrogen-bond acceptors (Lipinski definition) is 0. The number of benzene rings is 4. The van der Waals surface area contributed by atoms with Gasteiger partial charge in [-0.05, 0) is 69.3 Å². The maximum absolute atomic E-state index is 16.3. The zero-order valence-electron chi connectivity index (χ0n) is 21.7. The number of aryl methyl sites for hydroxylation is 2. The van der Waals surface area contributed by atoms with Crippen LogP contribution in [0, 0.1) is 24.4 Å². The number of hydrogen-bond donors (Lipinski definition) is 0. The number of rotatable bonds is 3. The second-order valence-corrected chi connectivity index (χ2v) is 10.7. The Morgan fingerprint density at radius 2 is 1.41 bits per heavy atom. The summed E-state index contributed by atoms with van der Waals surface area (Å²) in [5.74, 6) is -1.69. The van der Waals surface area contributed by atoms with Crippen LogP contribution in [-0.2, 0) is 12.5 Å². The van der Waals surface area contributed by atoms with Gasteiger partial charge in [-0.15, -0.1) is 0 Å². The number of nitrogens with zero attached hydrogens (tertiary/aromatic N) is 1. The van der Waals surface area contributed by atoms with Crippen molar-refractivity contribution in [1.29, 1.82) is 0 Å². The molecule has 0 radical (unpaired) electrons. The number of pyridine rings is 1. The highest BCUT2D eigenvalue weighted by Gasteiger charge is 2.24. The fourth-order valence-corrected chi connectivity index (χ4v) is 5.07. The zero-order valence-corrected chi connectivity index (χ0v) is 21.7. The summed E-state index contributed by atoms with van der Waals surface area (Å²) in [6.45, 7) is 8.46. The van der Waals surface area contributed by atoms with E-state index in [-0.39, 0.29) is 11.2 Å². The van der Waals surface area contributed by atoms with Gasteiger partial charge in [-0.2, -0.15) is 0 Å². The standard InChI is InChI=1S/C33H29F3N/c1-20-14-22-11-10-21(24-15-25(34)19-26(35)16-24)17-28(22)32(36)31(20)30-18-23(12-13-37(30)5)27-8-6-7-9-29(27)33(2,3)4/h6-19H,1-5H3/q+1. The van der Waals surface area contributed by atoms with Gasteiger partial charge in [0, 0.05) is 23.6 Å². The summed E-state index contributed by atoms with van der Waals surface area (Å²) in [4.78, 5) is 0. The third-order valence-corrected chi connectivity index (χ3v) is 6.92. The lowest BCUT2D eigenvalue weighted by Crippen LogP contribution is -2.31. The molecule has 186 valence electrons. The number of fused-ring (bicyclic) bond motifs is 1. The first-order valence-electron chi connectivity index (χ1n) is 12.3. The molecule has 0 bridgehead atoms. The molecule has 4 heteroatoms. The van der Waals surface area contributed by atoms with Crippen LogP contribution in [0.4, 0.5) is 13.2 Å². The molecular formula is C33H29F3N+. The minimum Gasteiger partial charge on any atom is -0.207 e. The van der Waals surface area contributed by atoms with Crippen molar-refractivity contribution in [2.75, 3.05) is 0 Å². The van der Waals surface area contributed by atoms with Crippen LogP contribution in [-0.4, -0.2) is 0 Å². The van der Waals surface area contributed by atoms with E-state index in [1.807, 2.05) is 49.0 Å². The molecule has 0 aliphatic heterocycles. The molecule has 5 aromatic rings. The van der Waals surface area contributed by atoms with Crippen LogP contribution in [0.2, 0.25) is 0 Å². The van der Waals surface area contributed by atoms with Crippen molar-refractivity contribution in [3.8, 4) is 33.5 Å². The first-order chi connectivity index (χ1) is 17.5. The van der Waals surface area contributed by atoms with Gasteiger partial charge in [0.15, 0.2) is 6.20 Å². The van der Waals surface area contributed by atoms with Crippen molar-refractivity contribution in [3.63, 3.8) is 0 Å². The molecule has 0 saturated heterocycles. The molecule has 1 nitrogen and oxygen atoms in total. The van der Waals surface area contributed by atoms with Crippen LogP contribution in [0.3, 0.4) is 0 Å². The largest absolute Gasteiger partial charge is 0.216 e. The van der Waals surface area contributed by atoms with Gasteiger partial charge >= 0.3 is 0 Å². The van der Waals surface area contributed by atoms with Crippen molar-refractivity contribution in [2.24, 2.45) is 7.05 Å². The summed E-state index contributed by atoms with van der Waals surface area (Å²) in [5.41, 5.74) is 6.29. The molecule has 4 aromatic carbocycles. The third-order valence-electron chi connectivity index (χ3n) is 6.92. The first kappa shape index (κ1) is 24.8. The molecule has 0 atom stereocenters. The average Bonchev–Trinajstić information content (AvgIpc) is 2.84. The van der Waals surface area contributed by atoms with Gasteiger partial charge in [0.25, 0.3) is 0 Å². The summed E-state index contributed by atoms with van der Waals surface area (Å²) in [6.07, 6.45) is 1.96. The Balaban J connectivity index is 1.71. The Hall–Kier alpha value is -3.92. The van der Waals surface area contributed by atoms with Gasteiger partial charge in [0.05, 0.1) is 5.56 Å². The van der Waals surface area contributed by atoms with Gasteiger partial charge in [0.1, 0.15) is 24.5 Å². The maximum atomic E-state index is 16.3. The molecule has 0 fully saturated rings. The van der Waals surface area contributed by atoms with Gasteiger partial charge in [0.2, 0.25) is 5.69 Å². The van der Waals surface area contributed by atoms with Gasteiger partial charge in [-0.25, -0.2) is 17.7 Å². The minimum absolute atomic E-state index is 0.0499. The highest BCUT2D eigenvalue weighted by atomic mass is 19.1. The Kier molecular flexibility index (Phi) is 6.15. The smallest absolute Gasteiger partial charge is 0.207 e. The molecule has 0 spiro atoms. The normalized spacial score (nSPS) is 11.8. The van der Waals surface area contributed by atoms with E-state index in [0.29, 0.717) is 22.1 Å².